The van der Waals surface area contributed by atoms with E-state index in [0.717, 1.165) is 0 Å². The second kappa shape index (κ2) is 3.37. The molecule has 64 valence electrons. The number of hydrogen-bond acceptors (Lipinski definition) is 3. The highest BCUT2D eigenvalue weighted by Gasteiger charge is 2.20. The van der Waals surface area contributed by atoms with Crippen molar-refractivity contribution in [1.82, 2.24) is 14.9 Å². The van der Waals surface area contributed by atoms with E-state index in [4.69, 9.17) is 5.26 Å². The minimum absolute atomic E-state index is 0.513. The van der Waals surface area contributed by atoms with Crippen molar-refractivity contribution in [3.8, 4) is 6.07 Å². The average Bonchev–Trinajstić information content (AvgIpc) is 2.57. The fraction of sp³-hybridized carbons (Fsp3) is 0.500. The molecule has 0 aliphatic rings. The van der Waals surface area contributed by atoms with Crippen molar-refractivity contribution in [3.05, 3.63) is 18.7 Å². The van der Waals surface area contributed by atoms with Gasteiger partial charge >= 0.3 is 0 Å². The summed E-state index contributed by atoms with van der Waals surface area (Å²) in [4.78, 5) is 3.90. The average molecular weight is 164 g/mol. The van der Waals surface area contributed by atoms with E-state index in [9.17, 15) is 0 Å². The molecule has 0 fully saturated rings. The van der Waals surface area contributed by atoms with Crippen LogP contribution in [0.15, 0.2) is 18.7 Å². The Balaban J connectivity index is 2.68. The molecule has 1 aromatic heterocycles. The van der Waals surface area contributed by atoms with Crippen molar-refractivity contribution in [1.29, 1.82) is 5.26 Å². The number of rotatable bonds is 3. The van der Waals surface area contributed by atoms with E-state index in [1.54, 1.807) is 19.6 Å². The third kappa shape index (κ3) is 1.83. The normalized spacial score (nSPS) is 15.1. The van der Waals surface area contributed by atoms with Gasteiger partial charge in [0.15, 0.2) is 0 Å². The van der Waals surface area contributed by atoms with E-state index in [2.05, 4.69) is 16.4 Å². The van der Waals surface area contributed by atoms with Gasteiger partial charge in [0.1, 0.15) is 5.54 Å². The summed E-state index contributed by atoms with van der Waals surface area (Å²) in [7, 11) is 1.78. The van der Waals surface area contributed by atoms with E-state index in [0.29, 0.717) is 6.54 Å². The molecule has 0 aliphatic carbocycles. The maximum absolute atomic E-state index is 8.84. The smallest absolute Gasteiger partial charge is 0.121 e. The topological polar surface area (TPSA) is 53.6 Å². The molecule has 0 amide bonds. The molecule has 4 nitrogen and oxygen atoms in total. The number of nitriles is 1. The Bertz CT molecular complexity index is 272. The van der Waals surface area contributed by atoms with Gasteiger partial charge in [0, 0.05) is 12.4 Å². The van der Waals surface area contributed by atoms with Crippen LogP contribution >= 0.6 is 0 Å². The monoisotopic (exact) mass is 164 g/mol. The molecule has 1 unspecified atom stereocenters. The Hall–Kier alpha value is -1.34. The van der Waals surface area contributed by atoms with Crippen LogP contribution in [-0.4, -0.2) is 22.1 Å². The zero-order chi connectivity index (χ0) is 9.03. The zero-order valence-electron chi connectivity index (χ0n) is 7.28. The molecule has 1 aromatic rings. The summed E-state index contributed by atoms with van der Waals surface area (Å²) in [5, 5.41) is 11.8. The molecule has 1 atom stereocenters. The first kappa shape index (κ1) is 8.75. The van der Waals surface area contributed by atoms with Gasteiger partial charge in [0.2, 0.25) is 0 Å². The molecule has 1 heterocycles. The van der Waals surface area contributed by atoms with Crippen molar-refractivity contribution >= 4 is 0 Å². The van der Waals surface area contributed by atoms with Crippen molar-refractivity contribution < 1.29 is 0 Å². The molecule has 0 saturated carbocycles. The summed E-state index contributed by atoms with van der Waals surface area (Å²) in [5.41, 5.74) is -0.513. The van der Waals surface area contributed by atoms with E-state index < -0.39 is 5.54 Å². The third-order valence-corrected chi connectivity index (χ3v) is 1.86. The lowest BCUT2D eigenvalue weighted by molar-refractivity contribution is 0.418. The van der Waals surface area contributed by atoms with Gasteiger partial charge in [-0.05, 0) is 14.0 Å². The van der Waals surface area contributed by atoms with E-state index in [1.807, 2.05) is 17.7 Å². The van der Waals surface area contributed by atoms with Gasteiger partial charge in [0.05, 0.1) is 18.9 Å². The second-order valence-electron chi connectivity index (χ2n) is 2.93. The van der Waals surface area contributed by atoms with Gasteiger partial charge < -0.3 is 9.88 Å². The fourth-order valence-corrected chi connectivity index (χ4v) is 0.916. The van der Waals surface area contributed by atoms with Crippen LogP contribution in [0.25, 0.3) is 0 Å². The summed E-state index contributed by atoms with van der Waals surface area (Å²) < 4.78 is 1.87. The molecule has 12 heavy (non-hydrogen) atoms. The van der Waals surface area contributed by atoms with Gasteiger partial charge in [-0.1, -0.05) is 0 Å². The first-order valence-corrected chi connectivity index (χ1v) is 3.76. The van der Waals surface area contributed by atoms with Gasteiger partial charge in [-0.2, -0.15) is 5.26 Å². The molecule has 4 heteroatoms. The summed E-state index contributed by atoms with van der Waals surface area (Å²) in [6.45, 7) is 2.47. The third-order valence-electron chi connectivity index (χ3n) is 1.86. The Morgan fingerprint density at radius 2 is 2.50 bits per heavy atom. The first-order valence-electron chi connectivity index (χ1n) is 3.76. The number of hydrogen-bond donors (Lipinski definition) is 1. The Labute approximate surface area is 71.8 Å². The zero-order valence-corrected chi connectivity index (χ0v) is 7.28. The Morgan fingerprint density at radius 3 is 2.92 bits per heavy atom. The van der Waals surface area contributed by atoms with Crippen molar-refractivity contribution in [2.75, 3.05) is 7.05 Å². The molecule has 0 aromatic carbocycles. The SMILES string of the molecule is CNC(C)(C#N)Cn1ccnc1. The van der Waals surface area contributed by atoms with Gasteiger partial charge in [-0.25, -0.2) is 4.98 Å². The summed E-state index contributed by atoms with van der Waals surface area (Å²) in [6.07, 6.45) is 5.24. The molecule has 0 saturated heterocycles. The predicted molar refractivity (Wildman–Crippen MR) is 45.3 cm³/mol. The van der Waals surface area contributed by atoms with Crippen LogP contribution < -0.4 is 5.32 Å². The molecule has 0 radical (unpaired) electrons. The molecule has 0 aliphatic heterocycles. The highest BCUT2D eigenvalue weighted by Crippen LogP contribution is 2.04. The fourth-order valence-electron chi connectivity index (χ4n) is 0.916. The Morgan fingerprint density at radius 1 is 1.75 bits per heavy atom. The molecule has 0 bridgehead atoms. The molecule has 1 rings (SSSR count). The highest BCUT2D eigenvalue weighted by atomic mass is 15.1. The lowest BCUT2D eigenvalue weighted by Crippen LogP contribution is -2.41. The number of nitrogens with one attached hydrogen (secondary N) is 1. The van der Waals surface area contributed by atoms with E-state index >= 15 is 0 Å². The minimum atomic E-state index is -0.513. The maximum atomic E-state index is 8.84. The van der Waals surface area contributed by atoms with Crippen molar-refractivity contribution in [2.24, 2.45) is 0 Å². The predicted octanol–water partition coefficient (Wildman–Crippen LogP) is 0.385. The lowest BCUT2D eigenvalue weighted by Gasteiger charge is -2.20. The van der Waals surface area contributed by atoms with Crippen LogP contribution in [0.3, 0.4) is 0 Å². The quantitative estimate of drug-likeness (QED) is 0.702. The van der Waals surface area contributed by atoms with Gasteiger partial charge in [0.25, 0.3) is 0 Å². The summed E-state index contributed by atoms with van der Waals surface area (Å²) >= 11 is 0. The molecular weight excluding hydrogens is 152 g/mol. The summed E-state index contributed by atoms with van der Waals surface area (Å²) in [6, 6.07) is 2.21. The second-order valence-corrected chi connectivity index (χ2v) is 2.93. The van der Waals surface area contributed by atoms with Crippen molar-refractivity contribution in [2.45, 2.75) is 19.0 Å². The molecular formula is C8H12N4. The van der Waals surface area contributed by atoms with E-state index in [-0.39, 0.29) is 0 Å². The van der Waals surface area contributed by atoms with Gasteiger partial charge in [-0.15, -0.1) is 0 Å². The van der Waals surface area contributed by atoms with Crippen LogP contribution in [0.5, 0.6) is 0 Å². The van der Waals surface area contributed by atoms with Crippen molar-refractivity contribution in [3.63, 3.8) is 0 Å². The number of likely N-dealkylation sites (N-methyl/N-ethyl adjacent to an activating group) is 1. The molecule has 1 N–H and O–H groups in total. The minimum Gasteiger partial charge on any atom is -0.335 e. The molecule has 0 spiro atoms. The van der Waals surface area contributed by atoms with Gasteiger partial charge in [-0.3, -0.25) is 0 Å². The first-order chi connectivity index (χ1) is 5.70. The van der Waals surface area contributed by atoms with Crippen LogP contribution in [0, 0.1) is 11.3 Å². The maximum Gasteiger partial charge on any atom is 0.121 e. The van der Waals surface area contributed by atoms with Crippen LogP contribution in [0.2, 0.25) is 0 Å². The summed E-state index contributed by atoms with van der Waals surface area (Å²) in [5.74, 6) is 0. The number of aromatic nitrogens is 2. The highest BCUT2D eigenvalue weighted by molar-refractivity contribution is 5.03. The largest absolute Gasteiger partial charge is 0.335 e. The van der Waals surface area contributed by atoms with Crippen LogP contribution in [-0.2, 0) is 6.54 Å². The van der Waals surface area contributed by atoms with E-state index in [1.165, 1.54) is 0 Å². The number of imidazole rings is 1. The standard InChI is InChI=1S/C8H12N4/c1-8(5-9,10-2)6-12-4-3-11-7-12/h3-4,7,10H,6H2,1-2H3. The number of nitrogens with zero attached hydrogens (tertiary/aromatic N) is 3. The van der Waals surface area contributed by atoms with Crippen LogP contribution in [0.1, 0.15) is 6.92 Å². The van der Waals surface area contributed by atoms with Crippen LogP contribution in [0.4, 0.5) is 0 Å². The lowest BCUT2D eigenvalue weighted by atomic mass is 10.1. The Kier molecular flexibility index (Phi) is 2.46.